The number of hydrogen-bond donors (Lipinski definition) is 0. The average Bonchev–Trinajstić information content (AvgIpc) is 3.17. The van der Waals surface area contributed by atoms with Crippen molar-refractivity contribution < 1.29 is 22.7 Å². The molecule has 0 unspecified atom stereocenters. The molecule has 33 heavy (non-hydrogen) atoms. The number of carbonyl (C=O) groups excluding carboxylic acids is 1. The number of thioether (sulfide) groups is 1. The second-order valence-corrected chi connectivity index (χ2v) is 9.97. The van der Waals surface area contributed by atoms with Gasteiger partial charge in [-0.15, -0.1) is 16.8 Å². The van der Waals surface area contributed by atoms with E-state index in [9.17, 15) is 13.2 Å². The van der Waals surface area contributed by atoms with Gasteiger partial charge in [-0.1, -0.05) is 53.7 Å². The van der Waals surface area contributed by atoms with Crippen molar-refractivity contribution in [1.29, 1.82) is 0 Å². The predicted molar refractivity (Wildman–Crippen MR) is 126 cm³/mol. The molecule has 2 aromatic carbocycles. The molecular formula is C23H25N3O5S2. The third kappa shape index (κ3) is 7.19. The van der Waals surface area contributed by atoms with Crippen LogP contribution >= 0.6 is 11.8 Å². The Kier molecular flexibility index (Phi) is 8.67. The van der Waals surface area contributed by atoms with E-state index in [1.165, 1.54) is 0 Å². The Morgan fingerprint density at radius 2 is 1.82 bits per heavy atom. The van der Waals surface area contributed by atoms with E-state index in [2.05, 4.69) is 16.8 Å². The van der Waals surface area contributed by atoms with Crippen LogP contribution in [0, 0.1) is 6.92 Å². The minimum Gasteiger partial charge on any atom is -0.490 e. The lowest BCUT2D eigenvalue weighted by Crippen LogP contribution is -2.14. The first-order valence-corrected chi connectivity index (χ1v) is 12.8. The van der Waals surface area contributed by atoms with Crippen molar-refractivity contribution >= 4 is 27.6 Å². The topological polar surface area (TPSA) is 100 Å². The highest BCUT2D eigenvalue weighted by molar-refractivity contribution is 7.99. The van der Waals surface area contributed by atoms with Gasteiger partial charge >= 0.3 is 5.97 Å². The van der Waals surface area contributed by atoms with E-state index in [1.807, 2.05) is 37.3 Å². The summed E-state index contributed by atoms with van der Waals surface area (Å²) in [6, 6.07) is 15.9. The SMILES string of the molecule is C=CCn1c(CS(=O)(=O)c2ccc(C)cc2)nnc1SCC(=O)OCCOc1ccccc1. The summed E-state index contributed by atoms with van der Waals surface area (Å²) in [5, 5.41) is 8.53. The number of nitrogens with zero attached hydrogens (tertiary/aromatic N) is 3. The molecule has 0 spiro atoms. The molecule has 0 amide bonds. The van der Waals surface area contributed by atoms with Crippen LogP contribution in [0.15, 0.2) is 77.3 Å². The lowest BCUT2D eigenvalue weighted by molar-refractivity contribution is -0.141. The smallest absolute Gasteiger partial charge is 0.316 e. The molecule has 0 aliphatic heterocycles. The Labute approximate surface area is 197 Å². The standard InChI is InChI=1S/C23H25N3O5S2/c1-3-13-26-21(17-33(28,29)20-11-9-18(2)10-12-20)24-25-23(26)32-16-22(27)31-15-14-30-19-7-5-4-6-8-19/h3-12H,1,13-17H2,2H3. The molecule has 3 aromatic rings. The van der Waals surface area contributed by atoms with Gasteiger partial charge in [0.15, 0.2) is 15.0 Å². The molecule has 0 radical (unpaired) electrons. The van der Waals surface area contributed by atoms with E-state index in [4.69, 9.17) is 9.47 Å². The predicted octanol–water partition coefficient (Wildman–Crippen LogP) is 3.46. The summed E-state index contributed by atoms with van der Waals surface area (Å²) in [4.78, 5) is 12.3. The van der Waals surface area contributed by atoms with Crippen molar-refractivity contribution in [2.24, 2.45) is 0 Å². The molecule has 0 bridgehead atoms. The number of para-hydroxylation sites is 1. The molecule has 0 aliphatic carbocycles. The van der Waals surface area contributed by atoms with Gasteiger partial charge in [0.1, 0.15) is 30.5 Å². The van der Waals surface area contributed by atoms with Crippen molar-refractivity contribution in [3.05, 3.63) is 78.6 Å². The maximum Gasteiger partial charge on any atom is 0.316 e. The first-order chi connectivity index (χ1) is 15.9. The van der Waals surface area contributed by atoms with Gasteiger partial charge in [-0.05, 0) is 31.2 Å². The van der Waals surface area contributed by atoms with Crippen molar-refractivity contribution in [2.75, 3.05) is 19.0 Å². The lowest BCUT2D eigenvalue weighted by atomic mass is 10.2. The van der Waals surface area contributed by atoms with Crippen LogP contribution in [-0.2, 0) is 31.7 Å². The van der Waals surface area contributed by atoms with Crippen LogP contribution in [0.1, 0.15) is 11.4 Å². The van der Waals surface area contributed by atoms with Crippen LogP contribution in [0.4, 0.5) is 0 Å². The zero-order valence-electron chi connectivity index (χ0n) is 18.2. The quantitative estimate of drug-likeness (QED) is 0.166. The molecule has 0 fully saturated rings. The fraction of sp³-hybridized carbons (Fsp3) is 0.261. The van der Waals surface area contributed by atoms with Crippen LogP contribution in [0.5, 0.6) is 5.75 Å². The minimum atomic E-state index is -3.60. The number of aryl methyl sites for hydroxylation is 1. The molecule has 8 nitrogen and oxygen atoms in total. The summed E-state index contributed by atoms with van der Waals surface area (Å²) in [6.07, 6.45) is 1.62. The van der Waals surface area contributed by atoms with E-state index >= 15 is 0 Å². The Morgan fingerprint density at radius 3 is 2.52 bits per heavy atom. The molecule has 10 heteroatoms. The van der Waals surface area contributed by atoms with E-state index in [0.29, 0.717) is 17.5 Å². The van der Waals surface area contributed by atoms with Crippen LogP contribution in [0.25, 0.3) is 0 Å². The van der Waals surface area contributed by atoms with Gasteiger partial charge in [-0.3, -0.25) is 4.79 Å². The van der Waals surface area contributed by atoms with E-state index in [1.54, 1.807) is 34.9 Å². The molecule has 0 saturated heterocycles. The third-order valence-corrected chi connectivity index (χ3v) is 7.05. The maximum atomic E-state index is 12.8. The van der Waals surface area contributed by atoms with Crippen LogP contribution in [0.2, 0.25) is 0 Å². The molecule has 3 rings (SSSR count). The number of rotatable bonds is 12. The molecule has 1 heterocycles. The largest absolute Gasteiger partial charge is 0.490 e. The second kappa shape index (κ2) is 11.7. The highest BCUT2D eigenvalue weighted by Gasteiger charge is 2.22. The highest BCUT2D eigenvalue weighted by Crippen LogP contribution is 2.21. The Balaban J connectivity index is 1.55. The number of benzene rings is 2. The number of sulfone groups is 1. The fourth-order valence-corrected chi connectivity index (χ4v) is 4.88. The number of allylic oxidation sites excluding steroid dienone is 1. The van der Waals surface area contributed by atoms with Gasteiger partial charge in [0.25, 0.3) is 0 Å². The van der Waals surface area contributed by atoms with Crippen molar-refractivity contribution in [2.45, 2.75) is 29.3 Å². The molecule has 0 aliphatic rings. The van der Waals surface area contributed by atoms with E-state index in [0.717, 1.165) is 17.3 Å². The molecular weight excluding hydrogens is 462 g/mol. The molecule has 0 atom stereocenters. The molecule has 1 aromatic heterocycles. The summed E-state index contributed by atoms with van der Waals surface area (Å²) < 4.78 is 37.9. The van der Waals surface area contributed by atoms with Gasteiger partial charge in [0.05, 0.1) is 10.6 Å². The first kappa shape index (κ1) is 24.5. The zero-order valence-corrected chi connectivity index (χ0v) is 19.8. The Hall–Kier alpha value is -3.11. The molecule has 174 valence electrons. The number of aromatic nitrogens is 3. The highest BCUT2D eigenvalue weighted by atomic mass is 32.2. The summed E-state index contributed by atoms with van der Waals surface area (Å²) in [5.74, 6) is 0.249. The number of carbonyl (C=O) groups is 1. The van der Waals surface area contributed by atoms with Crippen molar-refractivity contribution in [3.63, 3.8) is 0 Å². The zero-order chi connectivity index (χ0) is 23.7. The first-order valence-electron chi connectivity index (χ1n) is 10.2. The summed E-state index contributed by atoms with van der Waals surface area (Å²) in [6.45, 7) is 6.28. The van der Waals surface area contributed by atoms with Gasteiger partial charge < -0.3 is 14.0 Å². The van der Waals surface area contributed by atoms with Gasteiger partial charge in [-0.25, -0.2) is 8.42 Å². The summed E-state index contributed by atoms with van der Waals surface area (Å²) in [7, 11) is -3.60. The molecule has 0 saturated carbocycles. The number of ether oxygens (including phenoxy) is 2. The van der Waals surface area contributed by atoms with Crippen LogP contribution in [0.3, 0.4) is 0 Å². The van der Waals surface area contributed by atoms with Gasteiger partial charge in [-0.2, -0.15) is 0 Å². The average molecular weight is 488 g/mol. The molecule has 0 N–H and O–H groups in total. The monoisotopic (exact) mass is 487 g/mol. The summed E-state index contributed by atoms with van der Waals surface area (Å²) >= 11 is 1.13. The van der Waals surface area contributed by atoms with Crippen molar-refractivity contribution in [3.8, 4) is 5.75 Å². The van der Waals surface area contributed by atoms with Gasteiger partial charge in [0, 0.05) is 6.54 Å². The van der Waals surface area contributed by atoms with E-state index < -0.39 is 15.8 Å². The lowest BCUT2D eigenvalue weighted by Gasteiger charge is -2.09. The Bertz CT molecular complexity index is 1180. The normalized spacial score (nSPS) is 11.2. The third-order valence-electron chi connectivity index (χ3n) is 4.48. The minimum absolute atomic E-state index is 0.00528. The second-order valence-electron chi connectivity index (χ2n) is 7.04. The van der Waals surface area contributed by atoms with E-state index in [-0.39, 0.29) is 35.4 Å². The fourth-order valence-electron chi connectivity index (χ4n) is 2.84. The number of hydrogen-bond acceptors (Lipinski definition) is 8. The van der Waals surface area contributed by atoms with Gasteiger partial charge in [0.2, 0.25) is 0 Å². The number of esters is 1. The summed E-state index contributed by atoms with van der Waals surface area (Å²) in [5.41, 5.74) is 0.973. The van der Waals surface area contributed by atoms with Crippen molar-refractivity contribution in [1.82, 2.24) is 14.8 Å². The maximum absolute atomic E-state index is 12.8. The van der Waals surface area contributed by atoms with Crippen LogP contribution in [-0.4, -0.2) is 48.1 Å². The van der Waals surface area contributed by atoms with Crippen LogP contribution < -0.4 is 4.74 Å². The Morgan fingerprint density at radius 1 is 1.09 bits per heavy atom.